The van der Waals surface area contributed by atoms with Crippen LogP contribution in [0.2, 0.25) is 0 Å². The van der Waals surface area contributed by atoms with Crippen molar-refractivity contribution in [1.29, 1.82) is 0 Å². The highest BCUT2D eigenvalue weighted by molar-refractivity contribution is 7.98. The number of pyridine rings is 1. The first-order chi connectivity index (χ1) is 12.2. The molecule has 6 nitrogen and oxygen atoms in total. The van der Waals surface area contributed by atoms with Crippen LogP contribution in [-0.4, -0.2) is 15.2 Å². The zero-order valence-electron chi connectivity index (χ0n) is 13.3. The molecule has 0 N–H and O–H groups in total. The highest BCUT2D eigenvalue weighted by Gasteiger charge is 2.11. The Hall–Kier alpha value is -2.93. The minimum absolute atomic E-state index is 0.365. The van der Waals surface area contributed by atoms with Gasteiger partial charge in [0.2, 0.25) is 5.89 Å². The van der Waals surface area contributed by atoms with Crippen molar-refractivity contribution in [2.75, 3.05) is 0 Å². The van der Waals surface area contributed by atoms with E-state index in [2.05, 4.69) is 15.2 Å². The summed E-state index contributed by atoms with van der Waals surface area (Å²) in [6.45, 7) is 1.96. The number of nitrogens with zero attached hydrogens (tertiary/aromatic N) is 3. The molecule has 124 valence electrons. The minimum Gasteiger partial charge on any atom is -0.423 e. The first-order valence-electron chi connectivity index (χ1n) is 7.59. The Kier molecular flexibility index (Phi) is 4.07. The van der Waals surface area contributed by atoms with E-state index in [1.165, 1.54) is 17.8 Å². The molecule has 3 heterocycles. The van der Waals surface area contributed by atoms with Gasteiger partial charge in [-0.05, 0) is 36.2 Å². The fourth-order valence-corrected chi connectivity index (χ4v) is 3.22. The summed E-state index contributed by atoms with van der Waals surface area (Å²) in [5.74, 6) is 0.948. The minimum atomic E-state index is -0.365. The smallest absolute Gasteiger partial charge is 0.336 e. The summed E-state index contributed by atoms with van der Waals surface area (Å²) in [7, 11) is 0. The number of fused-ring (bicyclic) bond motifs is 1. The first-order valence-corrected chi connectivity index (χ1v) is 8.58. The molecule has 0 saturated heterocycles. The quantitative estimate of drug-likeness (QED) is 0.408. The van der Waals surface area contributed by atoms with E-state index in [4.69, 9.17) is 8.83 Å². The van der Waals surface area contributed by atoms with Crippen molar-refractivity contribution < 1.29 is 8.83 Å². The summed E-state index contributed by atoms with van der Waals surface area (Å²) in [5.41, 5.74) is 2.90. The molecule has 4 rings (SSSR count). The molecular formula is C18H13N3O3S. The second kappa shape index (κ2) is 6.52. The van der Waals surface area contributed by atoms with E-state index in [0.29, 0.717) is 22.4 Å². The number of hydrogen-bond donors (Lipinski definition) is 0. The maximum absolute atomic E-state index is 11.8. The molecule has 0 amide bonds. The lowest BCUT2D eigenvalue weighted by molar-refractivity contribution is 0.465. The van der Waals surface area contributed by atoms with E-state index in [0.717, 1.165) is 22.1 Å². The number of aryl methyl sites for hydroxylation is 1. The van der Waals surface area contributed by atoms with Crippen LogP contribution in [0.15, 0.2) is 67.6 Å². The Morgan fingerprint density at radius 3 is 2.88 bits per heavy atom. The molecule has 4 aromatic rings. The van der Waals surface area contributed by atoms with Gasteiger partial charge in [0.25, 0.3) is 5.22 Å². The van der Waals surface area contributed by atoms with Crippen LogP contribution in [0.1, 0.15) is 11.1 Å². The van der Waals surface area contributed by atoms with Gasteiger partial charge in [-0.3, -0.25) is 4.98 Å². The Balaban J connectivity index is 1.59. The van der Waals surface area contributed by atoms with Gasteiger partial charge < -0.3 is 8.83 Å². The van der Waals surface area contributed by atoms with Gasteiger partial charge in [-0.1, -0.05) is 23.9 Å². The van der Waals surface area contributed by atoms with Crippen LogP contribution in [0.5, 0.6) is 0 Å². The average molecular weight is 351 g/mol. The van der Waals surface area contributed by atoms with Crippen LogP contribution in [0, 0.1) is 6.92 Å². The van der Waals surface area contributed by atoms with Crippen molar-refractivity contribution in [2.24, 2.45) is 0 Å². The zero-order chi connectivity index (χ0) is 17.2. The summed E-state index contributed by atoms with van der Waals surface area (Å²) >= 11 is 1.38. The molecule has 0 radical (unpaired) electrons. The Morgan fingerprint density at radius 1 is 1.12 bits per heavy atom. The first kappa shape index (κ1) is 15.6. The fourth-order valence-electron chi connectivity index (χ4n) is 2.47. The largest absolute Gasteiger partial charge is 0.423 e. The van der Waals surface area contributed by atoms with Crippen molar-refractivity contribution in [3.63, 3.8) is 0 Å². The number of hydrogen-bond acceptors (Lipinski definition) is 7. The van der Waals surface area contributed by atoms with Crippen LogP contribution in [0.4, 0.5) is 0 Å². The Labute approximate surface area is 146 Å². The summed E-state index contributed by atoms with van der Waals surface area (Å²) in [4.78, 5) is 15.8. The third kappa shape index (κ3) is 3.32. The van der Waals surface area contributed by atoms with Gasteiger partial charge in [0.15, 0.2) is 0 Å². The van der Waals surface area contributed by atoms with Crippen molar-refractivity contribution in [3.05, 3.63) is 70.3 Å². The maximum Gasteiger partial charge on any atom is 0.336 e. The second-order valence-corrected chi connectivity index (χ2v) is 6.42. The van der Waals surface area contributed by atoms with E-state index in [1.807, 2.05) is 37.3 Å². The molecule has 0 fully saturated rings. The van der Waals surface area contributed by atoms with Crippen LogP contribution < -0.4 is 5.63 Å². The van der Waals surface area contributed by atoms with E-state index in [9.17, 15) is 4.79 Å². The molecule has 0 atom stereocenters. The van der Waals surface area contributed by atoms with Crippen molar-refractivity contribution in [3.8, 4) is 11.5 Å². The second-order valence-electron chi connectivity index (χ2n) is 5.49. The molecule has 0 aliphatic heterocycles. The van der Waals surface area contributed by atoms with Crippen molar-refractivity contribution in [1.82, 2.24) is 15.2 Å². The van der Waals surface area contributed by atoms with Gasteiger partial charge in [0.1, 0.15) is 5.58 Å². The van der Waals surface area contributed by atoms with E-state index in [1.54, 1.807) is 12.4 Å². The third-order valence-corrected chi connectivity index (χ3v) is 4.52. The van der Waals surface area contributed by atoms with Crippen LogP contribution in [0.3, 0.4) is 0 Å². The lowest BCUT2D eigenvalue weighted by atomic mass is 10.1. The molecule has 0 unspecified atom stereocenters. The molecule has 0 aliphatic rings. The SMILES string of the molecule is Cc1ccc2c(CSc3nnc(-c4cccnc4)o3)cc(=O)oc2c1. The van der Waals surface area contributed by atoms with E-state index >= 15 is 0 Å². The van der Waals surface area contributed by atoms with E-state index < -0.39 is 0 Å². The van der Waals surface area contributed by atoms with Crippen molar-refractivity contribution in [2.45, 2.75) is 17.9 Å². The molecule has 25 heavy (non-hydrogen) atoms. The lowest BCUT2D eigenvalue weighted by Gasteiger charge is -2.04. The highest BCUT2D eigenvalue weighted by Crippen LogP contribution is 2.28. The van der Waals surface area contributed by atoms with Gasteiger partial charge >= 0.3 is 5.63 Å². The van der Waals surface area contributed by atoms with Crippen molar-refractivity contribution >= 4 is 22.7 Å². The van der Waals surface area contributed by atoms with Crippen LogP contribution in [0.25, 0.3) is 22.4 Å². The van der Waals surface area contributed by atoms with Crippen LogP contribution in [-0.2, 0) is 5.75 Å². The van der Waals surface area contributed by atoms with Gasteiger partial charge in [0, 0.05) is 29.6 Å². The number of aromatic nitrogens is 3. The Morgan fingerprint density at radius 2 is 2.04 bits per heavy atom. The van der Waals surface area contributed by atoms with E-state index in [-0.39, 0.29) is 5.63 Å². The summed E-state index contributed by atoms with van der Waals surface area (Å²) in [5, 5.41) is 9.42. The summed E-state index contributed by atoms with van der Waals surface area (Å²) in [6.07, 6.45) is 3.35. The molecule has 1 aromatic carbocycles. The standard InChI is InChI=1S/C18H13N3O3S/c1-11-4-5-14-13(8-16(22)23-15(14)7-11)10-25-18-21-20-17(24-18)12-3-2-6-19-9-12/h2-9H,10H2,1H3. The monoisotopic (exact) mass is 351 g/mol. The van der Waals surface area contributed by atoms with Gasteiger partial charge in [-0.15, -0.1) is 10.2 Å². The molecular weight excluding hydrogens is 338 g/mol. The maximum atomic E-state index is 11.8. The zero-order valence-corrected chi connectivity index (χ0v) is 14.1. The molecule has 3 aromatic heterocycles. The van der Waals surface area contributed by atoms with Gasteiger partial charge in [-0.25, -0.2) is 4.79 Å². The Bertz CT molecular complexity index is 1090. The topological polar surface area (TPSA) is 82.0 Å². The highest BCUT2D eigenvalue weighted by atomic mass is 32.2. The van der Waals surface area contributed by atoms with Gasteiger partial charge in [0.05, 0.1) is 5.56 Å². The predicted molar refractivity (Wildman–Crippen MR) is 94.3 cm³/mol. The van der Waals surface area contributed by atoms with Crippen LogP contribution >= 0.6 is 11.8 Å². The number of thioether (sulfide) groups is 1. The number of benzene rings is 1. The third-order valence-electron chi connectivity index (χ3n) is 3.65. The molecule has 7 heteroatoms. The summed E-state index contributed by atoms with van der Waals surface area (Å²) < 4.78 is 10.9. The number of rotatable bonds is 4. The fraction of sp³-hybridized carbons (Fsp3) is 0.111. The average Bonchev–Trinajstić information content (AvgIpc) is 3.09. The molecule has 0 aliphatic carbocycles. The normalized spacial score (nSPS) is 11.1. The molecule has 0 bridgehead atoms. The summed E-state index contributed by atoms with van der Waals surface area (Å²) in [6, 6.07) is 11.0. The lowest BCUT2D eigenvalue weighted by Crippen LogP contribution is -2.00. The molecule has 0 spiro atoms. The predicted octanol–water partition coefficient (Wildman–Crippen LogP) is 3.84. The van der Waals surface area contributed by atoms with Gasteiger partial charge in [-0.2, -0.15) is 0 Å². The molecule has 0 saturated carbocycles.